The Hall–Kier alpha value is -3.85. The molecule has 0 aromatic heterocycles. The van der Waals surface area contributed by atoms with Crippen LogP contribution in [-0.2, 0) is 32.6 Å². The zero-order valence-corrected chi connectivity index (χ0v) is 28.6. The molecule has 4 aromatic rings. The predicted octanol–water partition coefficient (Wildman–Crippen LogP) is 7.59. The van der Waals surface area contributed by atoms with Crippen LogP contribution in [0.5, 0.6) is 0 Å². The van der Waals surface area contributed by atoms with Gasteiger partial charge in [0.05, 0.1) is 10.6 Å². The first-order valence-corrected chi connectivity index (χ1v) is 18.0. The Bertz CT molecular complexity index is 1760. The lowest BCUT2D eigenvalue weighted by molar-refractivity contribution is -0.140. The van der Waals surface area contributed by atoms with Crippen LogP contribution in [0, 0.1) is 6.92 Å². The number of benzene rings is 4. The SMILES string of the molecule is Cc1ccc(N(CC(=O)N(Cc2cccc(Cl)c2)[C@H](Cc2ccccc2)C(=O)NC2CCCCC2)S(=O)(=O)c2ccc(Cl)cc2)cc1. The van der Waals surface area contributed by atoms with E-state index in [2.05, 4.69) is 5.32 Å². The van der Waals surface area contributed by atoms with Crippen molar-refractivity contribution in [3.05, 3.63) is 130 Å². The summed E-state index contributed by atoms with van der Waals surface area (Å²) >= 11 is 12.4. The molecule has 1 atom stereocenters. The van der Waals surface area contributed by atoms with Gasteiger partial charge in [-0.2, -0.15) is 0 Å². The maximum Gasteiger partial charge on any atom is 0.264 e. The fraction of sp³-hybridized carbons (Fsp3) is 0.297. The van der Waals surface area contributed by atoms with Gasteiger partial charge in [0.15, 0.2) is 0 Å². The summed E-state index contributed by atoms with van der Waals surface area (Å²) in [4.78, 5) is 30.3. The second-order valence-electron chi connectivity index (χ2n) is 12.0. The summed E-state index contributed by atoms with van der Waals surface area (Å²) in [6.45, 7) is 1.42. The number of rotatable bonds is 12. The van der Waals surface area contributed by atoms with E-state index in [4.69, 9.17) is 23.2 Å². The van der Waals surface area contributed by atoms with E-state index >= 15 is 0 Å². The molecule has 47 heavy (non-hydrogen) atoms. The Morgan fingerprint density at radius 3 is 2.13 bits per heavy atom. The van der Waals surface area contributed by atoms with Gasteiger partial charge >= 0.3 is 0 Å². The van der Waals surface area contributed by atoms with Crippen molar-refractivity contribution in [2.75, 3.05) is 10.8 Å². The minimum Gasteiger partial charge on any atom is -0.352 e. The highest BCUT2D eigenvalue weighted by atomic mass is 35.5. The Morgan fingerprint density at radius 1 is 0.809 bits per heavy atom. The maximum absolute atomic E-state index is 14.6. The fourth-order valence-electron chi connectivity index (χ4n) is 5.90. The van der Waals surface area contributed by atoms with Gasteiger partial charge in [-0.05, 0) is 79.4 Å². The zero-order chi connectivity index (χ0) is 33.4. The number of nitrogens with one attached hydrogen (secondary N) is 1. The summed E-state index contributed by atoms with van der Waals surface area (Å²) in [5, 5.41) is 4.11. The van der Waals surface area contributed by atoms with Gasteiger partial charge in [0.1, 0.15) is 12.6 Å². The highest BCUT2D eigenvalue weighted by molar-refractivity contribution is 7.92. The topological polar surface area (TPSA) is 86.8 Å². The monoisotopic (exact) mass is 691 g/mol. The Balaban J connectivity index is 1.56. The first-order valence-electron chi connectivity index (χ1n) is 15.8. The molecule has 10 heteroatoms. The number of hydrogen-bond donors (Lipinski definition) is 1. The van der Waals surface area contributed by atoms with Crippen LogP contribution in [0.3, 0.4) is 0 Å². The van der Waals surface area contributed by atoms with Crippen LogP contribution in [0.15, 0.2) is 108 Å². The number of sulfonamides is 1. The van der Waals surface area contributed by atoms with Crippen LogP contribution in [0.25, 0.3) is 0 Å². The molecule has 246 valence electrons. The van der Waals surface area contributed by atoms with Crippen LogP contribution in [-0.4, -0.2) is 43.8 Å². The van der Waals surface area contributed by atoms with Crippen molar-refractivity contribution >= 4 is 50.7 Å². The molecule has 1 aliphatic carbocycles. The highest BCUT2D eigenvalue weighted by Gasteiger charge is 2.35. The fourth-order valence-corrected chi connectivity index (χ4v) is 7.66. The molecule has 7 nitrogen and oxygen atoms in total. The zero-order valence-electron chi connectivity index (χ0n) is 26.3. The number of anilines is 1. The van der Waals surface area contributed by atoms with Gasteiger partial charge in [-0.15, -0.1) is 0 Å². The smallest absolute Gasteiger partial charge is 0.264 e. The van der Waals surface area contributed by atoms with E-state index < -0.39 is 28.5 Å². The minimum absolute atomic E-state index is 0.00690. The molecule has 0 unspecified atom stereocenters. The quantitative estimate of drug-likeness (QED) is 0.166. The lowest BCUT2D eigenvalue weighted by Crippen LogP contribution is -2.55. The second-order valence-corrected chi connectivity index (χ2v) is 14.7. The summed E-state index contributed by atoms with van der Waals surface area (Å²) in [6, 6.07) is 28.5. The molecule has 4 aromatic carbocycles. The Kier molecular flexibility index (Phi) is 11.6. The molecule has 1 aliphatic rings. The molecule has 0 spiro atoms. The van der Waals surface area contributed by atoms with Gasteiger partial charge in [-0.25, -0.2) is 8.42 Å². The molecule has 0 bridgehead atoms. The van der Waals surface area contributed by atoms with Crippen LogP contribution < -0.4 is 9.62 Å². The normalized spacial score (nSPS) is 14.3. The van der Waals surface area contributed by atoms with Crippen LogP contribution >= 0.6 is 23.2 Å². The lowest BCUT2D eigenvalue weighted by atomic mass is 9.94. The number of nitrogens with zero attached hydrogens (tertiary/aromatic N) is 2. The van der Waals surface area contributed by atoms with E-state index in [-0.39, 0.29) is 29.8 Å². The maximum atomic E-state index is 14.6. The lowest BCUT2D eigenvalue weighted by Gasteiger charge is -2.35. The van der Waals surface area contributed by atoms with Crippen molar-refractivity contribution in [2.45, 2.75) is 69.0 Å². The molecule has 0 radical (unpaired) electrons. The van der Waals surface area contributed by atoms with Gasteiger partial charge in [-0.3, -0.25) is 13.9 Å². The van der Waals surface area contributed by atoms with Gasteiger partial charge in [0.2, 0.25) is 11.8 Å². The number of halogens is 2. The molecule has 0 aliphatic heterocycles. The van der Waals surface area contributed by atoms with Gasteiger partial charge in [-0.1, -0.05) is 103 Å². The molecule has 1 fully saturated rings. The molecule has 0 heterocycles. The standard InChI is InChI=1S/C37H39Cl2N3O4S/c1-27-15-19-33(20-16-27)42(47(45,46)34-21-17-30(38)18-22-34)26-36(43)41(25-29-11-8-12-31(39)23-29)35(24-28-9-4-2-5-10-28)37(44)40-32-13-6-3-7-14-32/h2,4-5,8-12,15-23,32,35H,3,6-7,13-14,24-26H2,1H3,(H,40,44)/t35-/m1/s1. The van der Waals surface area contributed by atoms with Crippen LogP contribution in [0.1, 0.15) is 48.8 Å². The first-order chi connectivity index (χ1) is 22.6. The van der Waals surface area contributed by atoms with E-state index in [9.17, 15) is 18.0 Å². The van der Waals surface area contributed by atoms with Crippen LogP contribution in [0.4, 0.5) is 5.69 Å². The average Bonchev–Trinajstić information content (AvgIpc) is 3.06. The largest absolute Gasteiger partial charge is 0.352 e. The van der Waals surface area contributed by atoms with Crippen molar-refractivity contribution in [3.63, 3.8) is 0 Å². The van der Waals surface area contributed by atoms with E-state index in [0.717, 1.165) is 53.1 Å². The predicted molar refractivity (Wildman–Crippen MR) is 188 cm³/mol. The van der Waals surface area contributed by atoms with Gasteiger partial charge < -0.3 is 10.2 Å². The number of aryl methyl sites for hydroxylation is 1. The molecular formula is C37H39Cl2N3O4S. The molecular weight excluding hydrogens is 653 g/mol. The number of hydrogen-bond acceptors (Lipinski definition) is 4. The van der Waals surface area contributed by atoms with Gasteiger partial charge in [0.25, 0.3) is 10.0 Å². The van der Waals surface area contributed by atoms with Crippen molar-refractivity contribution < 1.29 is 18.0 Å². The van der Waals surface area contributed by atoms with Crippen LogP contribution in [0.2, 0.25) is 10.0 Å². The molecule has 5 rings (SSSR count). The third-order valence-corrected chi connectivity index (χ3v) is 10.7. The minimum atomic E-state index is -4.21. The Morgan fingerprint density at radius 2 is 1.47 bits per heavy atom. The van der Waals surface area contributed by atoms with E-state index in [1.165, 1.54) is 29.2 Å². The third-order valence-electron chi connectivity index (χ3n) is 8.47. The summed E-state index contributed by atoms with van der Waals surface area (Å²) in [5.41, 5.74) is 2.86. The van der Waals surface area contributed by atoms with Gasteiger partial charge in [0, 0.05) is 29.1 Å². The summed E-state index contributed by atoms with van der Waals surface area (Å²) in [6.07, 6.45) is 5.22. The van der Waals surface area contributed by atoms with E-state index in [1.54, 1.807) is 42.5 Å². The van der Waals surface area contributed by atoms with Crippen molar-refractivity contribution in [3.8, 4) is 0 Å². The van der Waals surface area contributed by atoms with E-state index in [1.807, 2.05) is 43.3 Å². The molecule has 2 amide bonds. The molecule has 0 saturated heterocycles. The summed E-state index contributed by atoms with van der Waals surface area (Å²) < 4.78 is 29.4. The first kappa shape index (κ1) is 34.5. The molecule has 1 N–H and O–H groups in total. The van der Waals surface area contributed by atoms with E-state index in [0.29, 0.717) is 15.7 Å². The second kappa shape index (κ2) is 15.8. The number of carbonyl (C=O) groups excluding carboxylic acids is 2. The third kappa shape index (κ3) is 9.15. The summed E-state index contributed by atoms with van der Waals surface area (Å²) in [5.74, 6) is -0.790. The molecule has 1 saturated carbocycles. The summed E-state index contributed by atoms with van der Waals surface area (Å²) in [7, 11) is -4.21. The highest BCUT2D eigenvalue weighted by Crippen LogP contribution is 2.27. The van der Waals surface area contributed by atoms with Crippen molar-refractivity contribution in [2.24, 2.45) is 0 Å². The average molecular weight is 693 g/mol. The number of carbonyl (C=O) groups is 2. The number of amides is 2. The van der Waals surface area contributed by atoms with Crippen molar-refractivity contribution in [1.29, 1.82) is 0 Å². The Labute approximate surface area is 287 Å². The van der Waals surface area contributed by atoms with Crippen molar-refractivity contribution in [1.82, 2.24) is 10.2 Å².